The van der Waals surface area contributed by atoms with Gasteiger partial charge in [-0.2, -0.15) is 0 Å². The van der Waals surface area contributed by atoms with Crippen LogP contribution < -0.4 is 5.43 Å². The second-order valence-electron chi connectivity index (χ2n) is 6.97. The highest BCUT2D eigenvalue weighted by Crippen LogP contribution is 2.30. The van der Waals surface area contributed by atoms with Crippen LogP contribution in [0.5, 0.6) is 5.75 Å². The topological polar surface area (TPSA) is 88.3 Å². The highest BCUT2D eigenvalue weighted by Gasteiger charge is 2.32. The van der Waals surface area contributed by atoms with Crippen LogP contribution in [0, 0.1) is 5.82 Å². The molecule has 7 nitrogen and oxygen atoms in total. The number of rotatable bonds is 4. The SMILES string of the molecule is CCN1CC(C)n2cc(-c3nnc(Cc4ccc(F)cc4)s3)c(=O)c(O)c2C1=O. The molecule has 3 heterocycles. The summed E-state index contributed by atoms with van der Waals surface area (Å²) < 4.78 is 14.7. The molecule has 3 aromatic rings. The van der Waals surface area contributed by atoms with Gasteiger partial charge >= 0.3 is 0 Å². The van der Waals surface area contributed by atoms with Crippen LogP contribution in [0.15, 0.2) is 35.3 Å². The number of aromatic hydroxyl groups is 1. The molecule has 1 aliphatic rings. The first-order valence-corrected chi connectivity index (χ1v) is 10.0. The van der Waals surface area contributed by atoms with Crippen molar-refractivity contribution < 1.29 is 14.3 Å². The molecule has 0 fully saturated rings. The molecule has 2 aromatic heterocycles. The number of hydrogen-bond acceptors (Lipinski definition) is 6. The zero-order valence-corrected chi connectivity index (χ0v) is 16.7. The number of nitrogens with zero attached hydrogens (tertiary/aromatic N) is 4. The molecule has 4 rings (SSSR count). The van der Waals surface area contributed by atoms with Crippen LogP contribution in [0.4, 0.5) is 4.39 Å². The number of carbonyl (C=O) groups is 1. The predicted octanol–water partition coefficient (Wildman–Crippen LogP) is 2.84. The maximum atomic E-state index is 13.1. The molecule has 0 bridgehead atoms. The second-order valence-corrected chi connectivity index (χ2v) is 8.04. The van der Waals surface area contributed by atoms with E-state index in [1.54, 1.807) is 27.8 Å². The van der Waals surface area contributed by atoms with Crippen LogP contribution >= 0.6 is 11.3 Å². The molecule has 0 radical (unpaired) electrons. The summed E-state index contributed by atoms with van der Waals surface area (Å²) in [5.41, 5.74) is 0.450. The lowest BCUT2D eigenvalue weighted by molar-refractivity contribution is 0.0679. The van der Waals surface area contributed by atoms with Crippen LogP contribution in [0.25, 0.3) is 10.6 Å². The van der Waals surface area contributed by atoms with Crippen molar-refractivity contribution in [2.24, 2.45) is 0 Å². The number of pyridine rings is 1. The monoisotopic (exact) mass is 414 g/mol. The molecule has 0 aliphatic carbocycles. The highest BCUT2D eigenvalue weighted by molar-refractivity contribution is 7.14. The third kappa shape index (κ3) is 3.42. The highest BCUT2D eigenvalue weighted by atomic mass is 32.1. The number of amides is 1. The first-order valence-electron chi connectivity index (χ1n) is 9.23. The molecule has 1 aromatic carbocycles. The molecular weight excluding hydrogens is 395 g/mol. The standard InChI is InChI=1S/C20H19FN4O3S/c1-3-24-9-11(2)25-10-14(17(26)18(27)16(25)20(24)28)19-23-22-15(29-19)8-12-4-6-13(21)7-5-12/h4-7,10-11,27H,3,8-9H2,1-2H3. The van der Waals surface area contributed by atoms with E-state index in [4.69, 9.17) is 0 Å². The van der Waals surface area contributed by atoms with Gasteiger partial charge in [0.25, 0.3) is 5.91 Å². The van der Waals surface area contributed by atoms with Gasteiger partial charge in [-0.25, -0.2) is 4.39 Å². The van der Waals surface area contributed by atoms with Gasteiger partial charge in [-0.1, -0.05) is 23.5 Å². The number of fused-ring (bicyclic) bond motifs is 1. The maximum Gasteiger partial charge on any atom is 0.274 e. The van der Waals surface area contributed by atoms with Crippen LogP contribution in [-0.2, 0) is 6.42 Å². The fourth-order valence-electron chi connectivity index (χ4n) is 3.45. The van der Waals surface area contributed by atoms with Crippen molar-refractivity contribution in [1.82, 2.24) is 19.7 Å². The number of benzene rings is 1. The fourth-order valence-corrected chi connectivity index (χ4v) is 4.34. The molecule has 1 aliphatic heterocycles. The van der Waals surface area contributed by atoms with E-state index in [0.29, 0.717) is 29.5 Å². The van der Waals surface area contributed by atoms with Gasteiger partial charge in [0.05, 0.1) is 5.56 Å². The van der Waals surface area contributed by atoms with Crippen LogP contribution in [-0.4, -0.2) is 43.8 Å². The Kier molecular flexibility index (Phi) is 4.91. The van der Waals surface area contributed by atoms with Gasteiger partial charge in [-0.3, -0.25) is 9.59 Å². The third-order valence-electron chi connectivity index (χ3n) is 5.01. The number of carbonyl (C=O) groups excluding carboxylic acids is 1. The number of aromatic nitrogens is 3. The van der Waals surface area contributed by atoms with Gasteiger partial charge in [0, 0.05) is 31.7 Å². The second kappa shape index (κ2) is 7.40. The Labute approximate surface area is 170 Å². The average molecular weight is 414 g/mol. The molecule has 1 amide bonds. The molecule has 1 unspecified atom stereocenters. The van der Waals surface area contributed by atoms with Crippen molar-refractivity contribution in [2.45, 2.75) is 26.3 Å². The van der Waals surface area contributed by atoms with Crippen LogP contribution in [0.1, 0.15) is 40.9 Å². The summed E-state index contributed by atoms with van der Waals surface area (Å²) in [6.45, 7) is 4.78. The average Bonchev–Trinajstić information content (AvgIpc) is 3.16. The van der Waals surface area contributed by atoms with Crippen molar-refractivity contribution in [1.29, 1.82) is 0 Å². The zero-order chi connectivity index (χ0) is 20.7. The molecule has 150 valence electrons. The minimum Gasteiger partial charge on any atom is -0.503 e. The fraction of sp³-hybridized carbons (Fsp3) is 0.300. The summed E-state index contributed by atoms with van der Waals surface area (Å²) >= 11 is 1.23. The Morgan fingerprint density at radius 1 is 1.24 bits per heavy atom. The van der Waals surface area contributed by atoms with Crippen LogP contribution in [0.3, 0.4) is 0 Å². The Hall–Kier alpha value is -3.07. The predicted molar refractivity (Wildman–Crippen MR) is 107 cm³/mol. The Morgan fingerprint density at radius 3 is 2.66 bits per heavy atom. The van der Waals surface area contributed by atoms with E-state index in [2.05, 4.69) is 10.2 Å². The van der Waals surface area contributed by atoms with Crippen molar-refractivity contribution in [3.05, 3.63) is 62.8 Å². The van der Waals surface area contributed by atoms with Gasteiger partial charge in [0.1, 0.15) is 10.8 Å². The van der Waals surface area contributed by atoms with Gasteiger partial charge < -0.3 is 14.6 Å². The summed E-state index contributed by atoms with van der Waals surface area (Å²) in [6.07, 6.45) is 2.03. The van der Waals surface area contributed by atoms with Gasteiger partial charge in [0.2, 0.25) is 5.43 Å². The molecule has 0 saturated carbocycles. The zero-order valence-electron chi connectivity index (χ0n) is 15.9. The lowest BCUT2D eigenvalue weighted by atomic mass is 10.1. The summed E-state index contributed by atoms with van der Waals surface area (Å²) in [4.78, 5) is 27.0. The first-order chi connectivity index (χ1) is 13.9. The first kappa shape index (κ1) is 19.3. The lowest BCUT2D eigenvalue weighted by Crippen LogP contribution is -2.43. The van der Waals surface area contributed by atoms with E-state index >= 15 is 0 Å². The van der Waals surface area contributed by atoms with E-state index in [1.807, 2.05) is 13.8 Å². The molecule has 9 heteroatoms. The van der Waals surface area contributed by atoms with Crippen molar-refractivity contribution in [2.75, 3.05) is 13.1 Å². The van der Waals surface area contributed by atoms with Crippen molar-refractivity contribution in [3.63, 3.8) is 0 Å². The van der Waals surface area contributed by atoms with Crippen molar-refractivity contribution in [3.8, 4) is 16.3 Å². The minimum atomic E-state index is -0.640. The maximum absolute atomic E-state index is 13.1. The van der Waals surface area contributed by atoms with E-state index in [9.17, 15) is 19.1 Å². The number of hydrogen-bond donors (Lipinski definition) is 1. The Morgan fingerprint density at radius 2 is 1.97 bits per heavy atom. The summed E-state index contributed by atoms with van der Waals surface area (Å²) in [5, 5.41) is 19.8. The summed E-state index contributed by atoms with van der Waals surface area (Å²) in [6, 6.07) is 6.00. The largest absolute Gasteiger partial charge is 0.503 e. The minimum absolute atomic E-state index is 0.00963. The number of likely N-dealkylation sites (N-methyl/N-ethyl adjacent to an activating group) is 1. The van der Waals surface area contributed by atoms with E-state index in [0.717, 1.165) is 5.56 Å². The normalized spacial score (nSPS) is 16.2. The smallest absolute Gasteiger partial charge is 0.274 e. The molecule has 0 spiro atoms. The van der Waals surface area contributed by atoms with Crippen molar-refractivity contribution >= 4 is 17.2 Å². The molecule has 1 atom stereocenters. The van der Waals surface area contributed by atoms with E-state index < -0.39 is 11.2 Å². The number of halogens is 1. The molecular formula is C20H19FN4O3S. The Balaban J connectivity index is 1.72. The summed E-state index contributed by atoms with van der Waals surface area (Å²) in [7, 11) is 0. The Bertz CT molecular complexity index is 1140. The van der Waals surface area contributed by atoms with E-state index in [-0.39, 0.29) is 29.0 Å². The third-order valence-corrected chi connectivity index (χ3v) is 5.96. The molecule has 0 saturated heterocycles. The lowest BCUT2D eigenvalue weighted by Gasteiger charge is -2.34. The van der Waals surface area contributed by atoms with E-state index in [1.165, 1.54) is 23.5 Å². The summed E-state index contributed by atoms with van der Waals surface area (Å²) in [5.74, 6) is -1.23. The molecule has 29 heavy (non-hydrogen) atoms. The van der Waals surface area contributed by atoms with Gasteiger partial charge in [-0.15, -0.1) is 10.2 Å². The van der Waals surface area contributed by atoms with Crippen LogP contribution in [0.2, 0.25) is 0 Å². The van der Waals surface area contributed by atoms with Gasteiger partial charge in [-0.05, 0) is 31.5 Å². The molecule has 1 N–H and O–H groups in total. The quantitative estimate of drug-likeness (QED) is 0.709. The van der Waals surface area contributed by atoms with Gasteiger partial charge in [0.15, 0.2) is 16.5 Å².